The molecular formula is C12H24N2O. The predicted molar refractivity (Wildman–Crippen MR) is 62.7 cm³/mol. The lowest BCUT2D eigenvalue weighted by molar-refractivity contribution is -0.127. The van der Waals surface area contributed by atoms with Crippen LogP contribution >= 0.6 is 0 Å². The topological polar surface area (TPSA) is 41.1 Å². The number of rotatable bonds is 4. The van der Waals surface area contributed by atoms with Crippen LogP contribution in [-0.2, 0) is 4.79 Å². The second kappa shape index (κ2) is 5.50. The summed E-state index contributed by atoms with van der Waals surface area (Å²) < 4.78 is 0. The Bertz CT molecular complexity index is 206. The van der Waals surface area contributed by atoms with Gasteiger partial charge in [0.2, 0.25) is 5.91 Å². The maximum absolute atomic E-state index is 11.9. The molecule has 1 saturated heterocycles. The summed E-state index contributed by atoms with van der Waals surface area (Å²) in [6, 6.07) is 0. The van der Waals surface area contributed by atoms with E-state index in [1.807, 2.05) is 0 Å². The lowest BCUT2D eigenvalue weighted by atomic mass is 9.89. The Hall–Kier alpha value is -0.570. The van der Waals surface area contributed by atoms with Crippen molar-refractivity contribution in [2.75, 3.05) is 13.1 Å². The number of hydrogen-bond donors (Lipinski definition) is 2. The minimum absolute atomic E-state index is 0.0188. The molecule has 0 aromatic rings. The molecule has 88 valence electrons. The SMILES string of the molecule is CCC(CC)C(=O)NC1(C)CCNCC1. The fourth-order valence-corrected chi connectivity index (χ4v) is 2.16. The Labute approximate surface area is 93.0 Å². The van der Waals surface area contributed by atoms with E-state index < -0.39 is 0 Å². The lowest BCUT2D eigenvalue weighted by Crippen LogP contribution is -2.53. The quantitative estimate of drug-likeness (QED) is 0.744. The summed E-state index contributed by atoms with van der Waals surface area (Å²) >= 11 is 0. The first kappa shape index (κ1) is 12.5. The van der Waals surface area contributed by atoms with Crippen molar-refractivity contribution in [2.45, 2.75) is 52.0 Å². The molecule has 1 rings (SSSR count). The van der Waals surface area contributed by atoms with Crippen LogP contribution in [0, 0.1) is 5.92 Å². The smallest absolute Gasteiger partial charge is 0.223 e. The summed E-state index contributed by atoms with van der Waals surface area (Å²) in [7, 11) is 0. The lowest BCUT2D eigenvalue weighted by Gasteiger charge is -2.36. The van der Waals surface area contributed by atoms with Gasteiger partial charge >= 0.3 is 0 Å². The van der Waals surface area contributed by atoms with Gasteiger partial charge in [0.1, 0.15) is 0 Å². The van der Waals surface area contributed by atoms with Crippen LogP contribution in [0.2, 0.25) is 0 Å². The molecule has 2 N–H and O–H groups in total. The molecule has 1 aliphatic rings. The number of carbonyl (C=O) groups excluding carboxylic acids is 1. The number of carbonyl (C=O) groups is 1. The first-order chi connectivity index (χ1) is 7.11. The Morgan fingerprint density at radius 3 is 2.33 bits per heavy atom. The largest absolute Gasteiger partial charge is 0.351 e. The van der Waals surface area contributed by atoms with E-state index in [-0.39, 0.29) is 17.4 Å². The van der Waals surface area contributed by atoms with Gasteiger partial charge in [-0.3, -0.25) is 4.79 Å². The fraction of sp³-hybridized carbons (Fsp3) is 0.917. The minimum Gasteiger partial charge on any atom is -0.351 e. The highest BCUT2D eigenvalue weighted by atomic mass is 16.2. The summed E-state index contributed by atoms with van der Waals surface area (Å²) in [5.41, 5.74) is 0.0188. The zero-order valence-electron chi connectivity index (χ0n) is 10.2. The number of piperidine rings is 1. The second-order valence-corrected chi connectivity index (χ2v) is 4.81. The molecule has 3 heteroatoms. The average Bonchev–Trinajstić information content (AvgIpc) is 2.19. The van der Waals surface area contributed by atoms with Gasteiger partial charge in [-0.1, -0.05) is 13.8 Å². The van der Waals surface area contributed by atoms with Gasteiger partial charge in [0.15, 0.2) is 0 Å². The van der Waals surface area contributed by atoms with Crippen LogP contribution in [0.1, 0.15) is 46.5 Å². The number of nitrogens with one attached hydrogen (secondary N) is 2. The summed E-state index contributed by atoms with van der Waals surface area (Å²) in [4.78, 5) is 11.9. The highest BCUT2D eigenvalue weighted by Gasteiger charge is 2.29. The van der Waals surface area contributed by atoms with Crippen LogP contribution in [0.5, 0.6) is 0 Å². The first-order valence-corrected chi connectivity index (χ1v) is 6.14. The third-order valence-corrected chi connectivity index (χ3v) is 3.49. The van der Waals surface area contributed by atoms with Gasteiger partial charge < -0.3 is 10.6 Å². The summed E-state index contributed by atoms with van der Waals surface area (Å²) in [6.45, 7) is 8.35. The Morgan fingerprint density at radius 1 is 1.33 bits per heavy atom. The van der Waals surface area contributed by atoms with Crippen LogP contribution in [-0.4, -0.2) is 24.5 Å². The monoisotopic (exact) mass is 212 g/mol. The second-order valence-electron chi connectivity index (χ2n) is 4.81. The molecule has 0 aromatic carbocycles. The maximum atomic E-state index is 11.9. The molecule has 15 heavy (non-hydrogen) atoms. The van der Waals surface area contributed by atoms with Gasteiger partial charge in [-0.2, -0.15) is 0 Å². The summed E-state index contributed by atoms with van der Waals surface area (Å²) in [5.74, 6) is 0.432. The van der Waals surface area contributed by atoms with Gasteiger partial charge in [-0.15, -0.1) is 0 Å². The van der Waals surface area contributed by atoms with Crippen molar-refractivity contribution < 1.29 is 4.79 Å². The zero-order chi connectivity index (χ0) is 11.3. The van der Waals surface area contributed by atoms with E-state index in [1.165, 1.54) is 0 Å². The van der Waals surface area contributed by atoms with Crippen molar-refractivity contribution >= 4 is 5.91 Å². The first-order valence-electron chi connectivity index (χ1n) is 6.14. The van der Waals surface area contributed by atoms with Crippen molar-refractivity contribution in [3.05, 3.63) is 0 Å². The molecule has 0 saturated carbocycles. The highest BCUT2D eigenvalue weighted by molar-refractivity contribution is 5.79. The molecule has 1 heterocycles. The molecule has 1 aliphatic heterocycles. The molecule has 0 aromatic heterocycles. The third kappa shape index (κ3) is 3.49. The summed E-state index contributed by atoms with van der Waals surface area (Å²) in [6.07, 6.45) is 3.96. The van der Waals surface area contributed by atoms with Crippen molar-refractivity contribution in [3.8, 4) is 0 Å². The molecular weight excluding hydrogens is 188 g/mol. The van der Waals surface area contributed by atoms with E-state index in [4.69, 9.17) is 0 Å². The minimum atomic E-state index is 0.0188. The predicted octanol–water partition coefficient (Wildman–Crippen LogP) is 1.68. The normalized spacial score (nSPS) is 20.3. The van der Waals surface area contributed by atoms with E-state index in [1.54, 1.807) is 0 Å². The van der Waals surface area contributed by atoms with Crippen LogP contribution in [0.15, 0.2) is 0 Å². The molecule has 1 amide bonds. The van der Waals surface area contributed by atoms with Crippen molar-refractivity contribution in [1.82, 2.24) is 10.6 Å². The maximum Gasteiger partial charge on any atom is 0.223 e. The van der Waals surface area contributed by atoms with Crippen LogP contribution < -0.4 is 10.6 Å². The standard InChI is InChI=1S/C12H24N2O/c1-4-10(5-2)11(15)14-12(3)6-8-13-9-7-12/h10,13H,4-9H2,1-3H3,(H,14,15). The van der Waals surface area contributed by atoms with Gasteiger partial charge in [0, 0.05) is 11.5 Å². The van der Waals surface area contributed by atoms with E-state index in [2.05, 4.69) is 31.4 Å². The third-order valence-electron chi connectivity index (χ3n) is 3.49. The molecule has 0 spiro atoms. The van der Waals surface area contributed by atoms with Gasteiger partial charge in [0.25, 0.3) is 0 Å². The van der Waals surface area contributed by atoms with E-state index in [9.17, 15) is 4.79 Å². The van der Waals surface area contributed by atoms with Crippen LogP contribution in [0.3, 0.4) is 0 Å². The molecule has 0 unspecified atom stereocenters. The van der Waals surface area contributed by atoms with Crippen molar-refractivity contribution in [2.24, 2.45) is 5.92 Å². The Balaban J connectivity index is 2.48. The van der Waals surface area contributed by atoms with Gasteiger partial charge in [-0.05, 0) is 45.7 Å². The number of amides is 1. The Kier molecular flexibility index (Phi) is 4.58. The van der Waals surface area contributed by atoms with Gasteiger partial charge in [-0.25, -0.2) is 0 Å². The molecule has 0 bridgehead atoms. The molecule has 0 radical (unpaired) electrons. The summed E-state index contributed by atoms with van der Waals surface area (Å²) in [5, 5.41) is 6.54. The van der Waals surface area contributed by atoms with Crippen LogP contribution in [0.4, 0.5) is 0 Å². The van der Waals surface area contributed by atoms with Gasteiger partial charge in [0.05, 0.1) is 0 Å². The molecule has 3 nitrogen and oxygen atoms in total. The zero-order valence-corrected chi connectivity index (χ0v) is 10.2. The fourth-order valence-electron chi connectivity index (χ4n) is 2.16. The molecule has 0 aliphatic carbocycles. The molecule has 1 fully saturated rings. The highest BCUT2D eigenvalue weighted by Crippen LogP contribution is 2.19. The average molecular weight is 212 g/mol. The van der Waals surface area contributed by atoms with Crippen molar-refractivity contribution in [3.63, 3.8) is 0 Å². The van der Waals surface area contributed by atoms with Crippen molar-refractivity contribution in [1.29, 1.82) is 0 Å². The Morgan fingerprint density at radius 2 is 1.87 bits per heavy atom. The van der Waals surface area contributed by atoms with E-state index in [0.717, 1.165) is 38.8 Å². The molecule has 0 atom stereocenters. The van der Waals surface area contributed by atoms with Crippen LogP contribution in [0.25, 0.3) is 0 Å². The van der Waals surface area contributed by atoms with E-state index >= 15 is 0 Å². The van der Waals surface area contributed by atoms with E-state index in [0.29, 0.717) is 0 Å². The number of hydrogen-bond acceptors (Lipinski definition) is 2.